The lowest BCUT2D eigenvalue weighted by molar-refractivity contribution is 1.05. The molecule has 0 unspecified atom stereocenters. The molecule has 0 saturated carbocycles. The molecule has 58 heavy (non-hydrogen) atoms. The van der Waals surface area contributed by atoms with Gasteiger partial charge in [-0.15, -0.1) is 0 Å². The van der Waals surface area contributed by atoms with Crippen LogP contribution in [0.15, 0.2) is 200 Å². The van der Waals surface area contributed by atoms with Gasteiger partial charge in [0.25, 0.3) is 0 Å². The van der Waals surface area contributed by atoms with Gasteiger partial charge in [-0.1, -0.05) is 170 Å². The zero-order chi connectivity index (χ0) is 38.2. The molecule has 0 bridgehead atoms. The van der Waals surface area contributed by atoms with Crippen molar-refractivity contribution >= 4 is 60.2 Å². The molecule has 0 radical (unpaired) electrons. The fraction of sp³-hybridized carbons (Fsp3) is 0. The highest BCUT2D eigenvalue weighted by Crippen LogP contribution is 2.40. The second kappa shape index (κ2) is 12.8. The van der Waals surface area contributed by atoms with Crippen molar-refractivity contribution in [2.24, 2.45) is 0 Å². The first kappa shape index (κ1) is 32.4. The summed E-state index contributed by atoms with van der Waals surface area (Å²) >= 11 is 0. The van der Waals surface area contributed by atoms with E-state index in [1.54, 1.807) is 0 Å². The third kappa shape index (κ3) is 5.00. The van der Waals surface area contributed by atoms with Crippen LogP contribution in [0.2, 0.25) is 0 Å². The molecule has 8 aromatic carbocycles. The van der Waals surface area contributed by atoms with Gasteiger partial charge in [0, 0.05) is 38.7 Å². The maximum absolute atomic E-state index is 5.54. The molecule has 12 aromatic rings. The largest absolute Gasteiger partial charge is 0.292 e. The van der Waals surface area contributed by atoms with Gasteiger partial charge in [-0.2, -0.15) is 0 Å². The number of para-hydroxylation sites is 2. The highest BCUT2D eigenvalue weighted by atomic mass is 15.1. The van der Waals surface area contributed by atoms with Crippen LogP contribution in [0.4, 0.5) is 0 Å². The monoisotopic (exact) mass is 739 g/mol. The van der Waals surface area contributed by atoms with Crippen LogP contribution in [0, 0.1) is 0 Å². The molecule has 270 valence electrons. The highest BCUT2D eigenvalue weighted by molar-refractivity contribution is 6.20. The molecule has 4 aromatic heterocycles. The van der Waals surface area contributed by atoms with E-state index >= 15 is 0 Å². The van der Waals surface area contributed by atoms with Gasteiger partial charge in [-0.25, -0.2) is 15.0 Å². The molecule has 0 saturated heterocycles. The quantitative estimate of drug-likeness (QED) is 0.165. The molecule has 5 nitrogen and oxygen atoms in total. The van der Waals surface area contributed by atoms with E-state index in [-0.39, 0.29) is 0 Å². The second-order valence-electron chi connectivity index (χ2n) is 14.8. The minimum absolute atomic E-state index is 0.657. The number of fused-ring (bicyclic) bond motifs is 12. The Kier molecular flexibility index (Phi) is 7.16. The van der Waals surface area contributed by atoms with Crippen molar-refractivity contribution in [1.82, 2.24) is 23.9 Å². The van der Waals surface area contributed by atoms with Crippen molar-refractivity contribution in [3.8, 4) is 50.7 Å². The van der Waals surface area contributed by atoms with Crippen LogP contribution in [0.3, 0.4) is 0 Å². The Morgan fingerprint density at radius 1 is 0.328 bits per heavy atom. The highest BCUT2D eigenvalue weighted by Gasteiger charge is 2.22. The number of imidazole rings is 1. The van der Waals surface area contributed by atoms with Crippen LogP contribution in [-0.2, 0) is 0 Å². The minimum atomic E-state index is 0.657. The Morgan fingerprint density at radius 2 is 0.845 bits per heavy atom. The maximum atomic E-state index is 5.54. The van der Waals surface area contributed by atoms with E-state index in [9.17, 15) is 0 Å². The van der Waals surface area contributed by atoms with Crippen molar-refractivity contribution in [2.75, 3.05) is 0 Å². The van der Waals surface area contributed by atoms with Gasteiger partial charge in [0.15, 0.2) is 5.82 Å². The van der Waals surface area contributed by atoms with E-state index in [4.69, 9.17) is 15.0 Å². The van der Waals surface area contributed by atoms with Crippen molar-refractivity contribution in [3.05, 3.63) is 200 Å². The van der Waals surface area contributed by atoms with Gasteiger partial charge in [0.2, 0.25) is 0 Å². The molecular formula is C53H33N5. The Labute approximate surface area is 333 Å². The molecule has 5 heteroatoms. The zero-order valence-corrected chi connectivity index (χ0v) is 31.3. The topological polar surface area (TPSA) is 48.0 Å². The number of rotatable bonds is 5. The fourth-order valence-electron chi connectivity index (χ4n) is 8.79. The lowest BCUT2D eigenvalue weighted by Gasteiger charge is -2.13. The summed E-state index contributed by atoms with van der Waals surface area (Å²) < 4.78 is 4.63. The van der Waals surface area contributed by atoms with Gasteiger partial charge >= 0.3 is 0 Å². The summed E-state index contributed by atoms with van der Waals surface area (Å²) in [6, 6.07) is 70.7. The fourth-order valence-corrected chi connectivity index (χ4v) is 8.79. The molecule has 0 fully saturated rings. The van der Waals surface area contributed by atoms with Crippen LogP contribution >= 0.6 is 0 Å². The Morgan fingerprint density at radius 3 is 1.52 bits per heavy atom. The third-order valence-electron chi connectivity index (χ3n) is 11.5. The number of benzene rings is 8. The summed E-state index contributed by atoms with van der Waals surface area (Å²) in [5.41, 5.74) is 13.6. The van der Waals surface area contributed by atoms with Gasteiger partial charge < -0.3 is 0 Å². The number of hydrogen-bond acceptors (Lipinski definition) is 3. The molecule has 0 N–H and O–H groups in total. The Balaban J connectivity index is 1.14. The first-order valence-corrected chi connectivity index (χ1v) is 19.6. The van der Waals surface area contributed by atoms with Crippen LogP contribution in [0.5, 0.6) is 0 Å². The number of aromatic nitrogens is 5. The smallest absolute Gasteiger partial charge is 0.162 e. The van der Waals surface area contributed by atoms with Crippen LogP contribution in [0.1, 0.15) is 0 Å². The summed E-state index contributed by atoms with van der Waals surface area (Å²) in [6.45, 7) is 0. The normalized spacial score (nSPS) is 11.8. The molecular weight excluding hydrogens is 707 g/mol. The lowest BCUT2D eigenvalue weighted by atomic mass is 10.0. The van der Waals surface area contributed by atoms with Crippen molar-refractivity contribution < 1.29 is 0 Å². The summed E-state index contributed by atoms with van der Waals surface area (Å²) in [4.78, 5) is 16.2. The van der Waals surface area contributed by atoms with E-state index in [1.165, 1.54) is 21.9 Å². The number of nitrogens with zero attached hydrogens (tertiary/aromatic N) is 5. The van der Waals surface area contributed by atoms with Crippen LogP contribution in [0.25, 0.3) is 111 Å². The number of hydrogen-bond donors (Lipinski definition) is 0. The summed E-state index contributed by atoms with van der Waals surface area (Å²) in [5.74, 6) is 1.44. The van der Waals surface area contributed by atoms with Gasteiger partial charge in [0.1, 0.15) is 17.0 Å². The van der Waals surface area contributed by atoms with Gasteiger partial charge in [-0.05, 0) is 51.9 Å². The molecule has 0 atom stereocenters. The minimum Gasteiger partial charge on any atom is -0.292 e. The van der Waals surface area contributed by atoms with E-state index in [2.05, 4.69) is 197 Å². The number of pyridine rings is 1. The summed E-state index contributed by atoms with van der Waals surface area (Å²) in [5, 5.41) is 5.79. The van der Waals surface area contributed by atoms with E-state index in [0.29, 0.717) is 5.82 Å². The van der Waals surface area contributed by atoms with Gasteiger partial charge in [0.05, 0.1) is 27.8 Å². The van der Waals surface area contributed by atoms with E-state index in [0.717, 1.165) is 83.2 Å². The Bertz CT molecular complexity index is 3430. The zero-order valence-electron chi connectivity index (χ0n) is 31.3. The van der Waals surface area contributed by atoms with Crippen LogP contribution < -0.4 is 0 Å². The van der Waals surface area contributed by atoms with Crippen LogP contribution in [-0.4, -0.2) is 23.9 Å². The predicted octanol–water partition coefficient (Wildman–Crippen LogP) is 13.3. The molecule has 0 aliphatic carbocycles. The summed E-state index contributed by atoms with van der Waals surface area (Å²) in [6.07, 6.45) is 0. The summed E-state index contributed by atoms with van der Waals surface area (Å²) in [7, 11) is 0. The van der Waals surface area contributed by atoms with Crippen molar-refractivity contribution in [1.29, 1.82) is 0 Å². The molecule has 0 amide bonds. The first-order chi connectivity index (χ1) is 28.8. The average molecular weight is 740 g/mol. The molecule has 0 spiro atoms. The molecule has 0 aliphatic heterocycles. The SMILES string of the molecule is c1ccc(-c2ccc(-c3cc(-n4c5ccccc5c5ccc6c(nc7c8ccccc8c8ccccc8n67)c54)nc(-c4ccc(-c5ccccc5)cc4)n3)cc2)cc1. The van der Waals surface area contributed by atoms with E-state index in [1.807, 2.05) is 12.1 Å². The third-order valence-corrected chi connectivity index (χ3v) is 11.5. The van der Waals surface area contributed by atoms with Crippen molar-refractivity contribution in [2.45, 2.75) is 0 Å². The van der Waals surface area contributed by atoms with Crippen molar-refractivity contribution in [3.63, 3.8) is 0 Å². The molecule has 0 aliphatic rings. The molecule has 4 heterocycles. The van der Waals surface area contributed by atoms with Gasteiger partial charge in [-0.3, -0.25) is 8.97 Å². The maximum Gasteiger partial charge on any atom is 0.162 e. The average Bonchev–Trinajstić information content (AvgIpc) is 3.87. The van der Waals surface area contributed by atoms with E-state index < -0.39 is 0 Å². The lowest BCUT2D eigenvalue weighted by Crippen LogP contribution is -2.03. The standard InChI is InChI=1S/C53H33N5/c1-3-13-34(14-4-1)36-23-27-38(28-24-36)45-33-49(55-52(54-45)39-29-25-37(26-30-39)35-15-5-2-6-16-35)58-47-22-12-10-19-42(47)43-31-32-48-50(51(43)58)56-53-44-20-8-7-17-40(44)41-18-9-11-21-46(41)57(48)53/h1-33H. The second-order valence-corrected chi connectivity index (χ2v) is 14.8. The first-order valence-electron chi connectivity index (χ1n) is 19.6. The molecule has 12 rings (SSSR count). The Hall–Kier alpha value is -7.89. The predicted molar refractivity (Wildman–Crippen MR) is 239 cm³/mol.